The van der Waals surface area contributed by atoms with Crippen LogP contribution in [0.3, 0.4) is 0 Å². The van der Waals surface area contributed by atoms with E-state index in [2.05, 4.69) is 97.4 Å². The number of anilines is 2. The molecule has 250 valence electrons. The van der Waals surface area contributed by atoms with Crippen LogP contribution in [0.15, 0.2) is 46.4 Å². The maximum atomic E-state index is 12.8. The summed E-state index contributed by atoms with van der Waals surface area (Å²) in [5.74, 6) is 1.19. The van der Waals surface area contributed by atoms with E-state index in [0.29, 0.717) is 18.5 Å². The summed E-state index contributed by atoms with van der Waals surface area (Å²) in [5, 5.41) is 5.81. The van der Waals surface area contributed by atoms with Crippen molar-refractivity contribution in [1.82, 2.24) is 20.4 Å². The molecule has 0 aliphatic rings. The Bertz CT molecular complexity index is 1240. The largest absolute Gasteiger partial charge is 0.349 e. The highest BCUT2D eigenvalue weighted by Gasteiger charge is 2.21. The molecule has 45 heavy (non-hydrogen) atoms. The van der Waals surface area contributed by atoms with Gasteiger partial charge in [0.1, 0.15) is 0 Å². The topological polar surface area (TPSA) is 95.9 Å². The third-order valence-corrected chi connectivity index (χ3v) is 7.65. The number of amides is 4. The number of rotatable bonds is 9. The van der Waals surface area contributed by atoms with Crippen molar-refractivity contribution in [3.8, 4) is 0 Å². The molecule has 2 aromatic rings. The van der Waals surface area contributed by atoms with E-state index in [1.165, 1.54) is 22.3 Å². The Morgan fingerprint density at radius 3 is 1.24 bits per heavy atom. The number of para-hydroxylation sites is 2. The first-order chi connectivity index (χ1) is 21.5. The fourth-order valence-corrected chi connectivity index (χ4v) is 5.11. The standard InChI is InChI=1S/C19H32N4O.C16H26N4O/c1-7-15-13-12-14-16(8-2)17(15)22(6)19(24)21-18(20-9-3)23(10-4)11-5;1-7-12-10-9-11-13(8-2)14(12)20(6)16(21)18-15(17-3)19(4)5/h12-14H,7-11H2,1-6H3,(H,20,21,24);9-11H,7-8H2,1-6H3,(H,17,18,21). The Labute approximate surface area is 272 Å². The predicted molar refractivity (Wildman–Crippen MR) is 192 cm³/mol. The highest BCUT2D eigenvalue weighted by atomic mass is 16.2. The van der Waals surface area contributed by atoms with Crippen LogP contribution in [-0.2, 0) is 25.7 Å². The zero-order chi connectivity index (χ0) is 34.1. The minimum Gasteiger partial charge on any atom is -0.349 e. The van der Waals surface area contributed by atoms with Gasteiger partial charge >= 0.3 is 12.1 Å². The number of carbonyl (C=O) groups excluding carboxylic acids is 2. The summed E-state index contributed by atoms with van der Waals surface area (Å²) in [4.78, 5) is 41.0. The van der Waals surface area contributed by atoms with Crippen LogP contribution >= 0.6 is 0 Å². The summed E-state index contributed by atoms with van der Waals surface area (Å²) in [6, 6.07) is 12.1. The molecule has 2 aromatic carbocycles. The van der Waals surface area contributed by atoms with E-state index >= 15 is 0 Å². The zero-order valence-corrected chi connectivity index (χ0v) is 29.9. The lowest BCUT2D eigenvalue weighted by Crippen LogP contribution is -2.49. The number of aliphatic imine (C=N–C) groups is 2. The molecule has 0 unspecified atom stereocenters. The molecule has 10 heteroatoms. The van der Waals surface area contributed by atoms with Crippen molar-refractivity contribution < 1.29 is 9.59 Å². The number of guanidine groups is 2. The number of hydrogen-bond donors (Lipinski definition) is 2. The van der Waals surface area contributed by atoms with Crippen LogP contribution in [0.4, 0.5) is 21.0 Å². The lowest BCUT2D eigenvalue weighted by atomic mass is 10.0. The van der Waals surface area contributed by atoms with E-state index in [0.717, 1.165) is 50.1 Å². The smallest absolute Gasteiger partial charge is 0.328 e. The molecule has 0 fully saturated rings. The van der Waals surface area contributed by atoms with Crippen LogP contribution in [-0.4, -0.2) is 88.7 Å². The van der Waals surface area contributed by atoms with Crippen molar-refractivity contribution in [3.63, 3.8) is 0 Å². The van der Waals surface area contributed by atoms with Crippen molar-refractivity contribution in [3.05, 3.63) is 58.7 Å². The van der Waals surface area contributed by atoms with Crippen molar-refractivity contribution in [2.24, 2.45) is 9.98 Å². The molecule has 0 heterocycles. The fraction of sp³-hybridized carbons (Fsp3) is 0.543. The number of carbonyl (C=O) groups is 2. The van der Waals surface area contributed by atoms with Crippen LogP contribution in [0, 0.1) is 0 Å². The molecule has 0 radical (unpaired) electrons. The second kappa shape index (κ2) is 20.0. The number of urea groups is 2. The number of nitrogens with one attached hydrogen (secondary N) is 2. The lowest BCUT2D eigenvalue weighted by molar-refractivity contribution is 0.249. The quantitative estimate of drug-likeness (QED) is 0.258. The van der Waals surface area contributed by atoms with Crippen molar-refractivity contribution in [2.45, 2.75) is 74.1 Å². The minimum absolute atomic E-state index is 0.148. The highest BCUT2D eigenvalue weighted by molar-refractivity contribution is 6.05. The summed E-state index contributed by atoms with van der Waals surface area (Å²) >= 11 is 0. The first-order valence-corrected chi connectivity index (χ1v) is 16.2. The van der Waals surface area contributed by atoms with E-state index in [4.69, 9.17) is 0 Å². The molecule has 0 saturated heterocycles. The van der Waals surface area contributed by atoms with E-state index in [1.807, 2.05) is 34.1 Å². The molecule has 0 bridgehead atoms. The van der Waals surface area contributed by atoms with Gasteiger partial charge in [-0.05, 0) is 68.7 Å². The van der Waals surface area contributed by atoms with Crippen LogP contribution in [0.1, 0.15) is 70.7 Å². The van der Waals surface area contributed by atoms with Gasteiger partial charge in [0.25, 0.3) is 0 Å². The molecule has 10 nitrogen and oxygen atoms in total. The van der Waals surface area contributed by atoms with Gasteiger partial charge in [0.15, 0.2) is 0 Å². The minimum atomic E-state index is -0.181. The average molecular weight is 623 g/mol. The molecule has 0 aliphatic carbocycles. The van der Waals surface area contributed by atoms with Gasteiger partial charge in [-0.1, -0.05) is 64.1 Å². The molecule has 2 N–H and O–H groups in total. The summed E-state index contributed by atoms with van der Waals surface area (Å²) in [7, 11) is 8.98. The second-order valence-electron chi connectivity index (χ2n) is 10.7. The fourth-order valence-electron chi connectivity index (χ4n) is 5.11. The van der Waals surface area contributed by atoms with Gasteiger partial charge in [0.2, 0.25) is 11.9 Å². The summed E-state index contributed by atoms with van der Waals surface area (Å²) in [5.41, 5.74) is 6.72. The summed E-state index contributed by atoms with van der Waals surface area (Å²) in [6.07, 6.45) is 3.58. The van der Waals surface area contributed by atoms with Gasteiger partial charge in [-0.2, -0.15) is 0 Å². The van der Waals surface area contributed by atoms with Crippen LogP contribution in [0.5, 0.6) is 0 Å². The van der Waals surface area contributed by atoms with E-state index in [1.54, 1.807) is 28.8 Å². The van der Waals surface area contributed by atoms with E-state index in [-0.39, 0.29) is 12.1 Å². The molecule has 0 aromatic heterocycles. The van der Waals surface area contributed by atoms with Gasteiger partial charge in [-0.3, -0.25) is 30.4 Å². The van der Waals surface area contributed by atoms with Gasteiger partial charge in [-0.15, -0.1) is 0 Å². The highest BCUT2D eigenvalue weighted by Crippen LogP contribution is 2.27. The number of benzene rings is 2. The molecule has 0 spiro atoms. The monoisotopic (exact) mass is 622 g/mol. The molecule has 0 atom stereocenters. The Kier molecular flexibility index (Phi) is 17.4. The summed E-state index contributed by atoms with van der Waals surface area (Å²) < 4.78 is 0. The van der Waals surface area contributed by atoms with Crippen LogP contribution in [0.2, 0.25) is 0 Å². The molecule has 2 rings (SSSR count). The van der Waals surface area contributed by atoms with Crippen LogP contribution < -0.4 is 20.4 Å². The SMILES string of the molecule is CCN=C(NC(=O)N(C)c1c(CC)cccc1CC)N(CC)CC.CCc1cccc(CC)c1N(C)C(=O)NC(=NC)N(C)C. The maximum Gasteiger partial charge on any atom is 0.328 e. The number of nitrogens with zero attached hydrogens (tertiary/aromatic N) is 6. The Morgan fingerprint density at radius 2 is 0.978 bits per heavy atom. The molecule has 0 aliphatic heterocycles. The van der Waals surface area contributed by atoms with Crippen molar-refractivity contribution in [1.29, 1.82) is 0 Å². The van der Waals surface area contributed by atoms with E-state index < -0.39 is 0 Å². The average Bonchev–Trinajstić information content (AvgIpc) is 3.05. The Morgan fingerprint density at radius 1 is 0.622 bits per heavy atom. The van der Waals surface area contributed by atoms with Gasteiger partial charge in [-0.25, -0.2) is 9.59 Å². The van der Waals surface area contributed by atoms with Gasteiger partial charge < -0.3 is 9.80 Å². The zero-order valence-electron chi connectivity index (χ0n) is 29.9. The normalized spacial score (nSPS) is 11.3. The molecular weight excluding hydrogens is 564 g/mol. The second-order valence-corrected chi connectivity index (χ2v) is 10.7. The maximum absolute atomic E-state index is 12.8. The van der Waals surface area contributed by atoms with Gasteiger partial charge in [0, 0.05) is 54.9 Å². The molecule has 0 saturated carbocycles. The first-order valence-electron chi connectivity index (χ1n) is 16.2. The van der Waals surface area contributed by atoms with Crippen molar-refractivity contribution >= 4 is 35.4 Å². The summed E-state index contributed by atoms with van der Waals surface area (Å²) in [6.45, 7) is 16.8. The number of aryl methyl sites for hydroxylation is 4. The van der Waals surface area contributed by atoms with Crippen LogP contribution in [0.25, 0.3) is 0 Å². The molecule has 4 amide bonds. The Hall–Kier alpha value is -4.08. The lowest BCUT2D eigenvalue weighted by Gasteiger charge is -2.27. The molecular formula is C35H58N8O2. The predicted octanol–water partition coefficient (Wildman–Crippen LogP) is 6.18. The first kappa shape index (κ1) is 38.9. The third-order valence-electron chi connectivity index (χ3n) is 7.65. The van der Waals surface area contributed by atoms with Gasteiger partial charge in [0.05, 0.1) is 11.4 Å². The van der Waals surface area contributed by atoms with E-state index in [9.17, 15) is 9.59 Å². The number of hydrogen-bond acceptors (Lipinski definition) is 4. The Balaban J connectivity index is 0.000000454. The van der Waals surface area contributed by atoms with Crippen molar-refractivity contribution in [2.75, 3.05) is 64.7 Å². The third kappa shape index (κ3) is 10.8.